The normalized spacial score (nSPS) is 28.3. The molecule has 4 atom stereocenters. The zero-order valence-electron chi connectivity index (χ0n) is 13.9. The van der Waals surface area contributed by atoms with Gasteiger partial charge in [-0.25, -0.2) is 0 Å². The summed E-state index contributed by atoms with van der Waals surface area (Å²) in [6.07, 6.45) is 0.655. The molecule has 25 heavy (non-hydrogen) atoms. The van der Waals surface area contributed by atoms with Crippen molar-refractivity contribution in [2.45, 2.75) is 18.4 Å². The number of benzene rings is 2. The smallest absolute Gasteiger partial charge is 0.308 e. The predicted molar refractivity (Wildman–Crippen MR) is 94.3 cm³/mol. The first kappa shape index (κ1) is 16.0. The molecule has 0 saturated carbocycles. The Labute approximate surface area is 147 Å². The predicted octanol–water partition coefficient (Wildman–Crippen LogP) is 2.79. The molecular weight excluding hydrogens is 314 g/mol. The molecule has 0 amide bonds. The second-order valence-corrected chi connectivity index (χ2v) is 6.98. The van der Waals surface area contributed by atoms with Crippen molar-refractivity contribution in [2.75, 3.05) is 13.1 Å². The summed E-state index contributed by atoms with van der Waals surface area (Å²) < 4.78 is 0. The van der Waals surface area contributed by atoms with Crippen LogP contribution in [0.2, 0.25) is 0 Å². The van der Waals surface area contributed by atoms with Crippen molar-refractivity contribution in [3.8, 4) is 0 Å². The standard InChI is InChI=1S/C21H21NO3/c23-20-16-11-12-22(13-17(16)21(24)25)19(20)18(14-7-3-1-4-8-14)15-9-5-2-6-10-15/h1-10,16-19H,11-13H2,(H,24,25)/t16-,17+,19?/m1/s1. The van der Waals surface area contributed by atoms with E-state index in [2.05, 4.69) is 29.2 Å². The quantitative estimate of drug-likeness (QED) is 0.933. The maximum atomic E-state index is 13.2. The molecule has 3 aliphatic rings. The summed E-state index contributed by atoms with van der Waals surface area (Å²) in [7, 11) is 0. The number of Topliss-reactive ketones (excluding diaryl/α,β-unsaturated/α-hetero) is 1. The van der Waals surface area contributed by atoms with Crippen LogP contribution >= 0.6 is 0 Å². The molecule has 2 bridgehead atoms. The van der Waals surface area contributed by atoms with E-state index < -0.39 is 11.9 Å². The molecule has 5 rings (SSSR count). The molecule has 2 unspecified atom stereocenters. The van der Waals surface area contributed by atoms with Crippen molar-refractivity contribution in [1.82, 2.24) is 4.90 Å². The monoisotopic (exact) mass is 335 g/mol. The SMILES string of the molecule is O=C(O)[C@H]1CN2CC[C@H]1C(=O)C2C(c1ccccc1)c1ccccc1. The van der Waals surface area contributed by atoms with Gasteiger partial charge in [-0.1, -0.05) is 60.7 Å². The van der Waals surface area contributed by atoms with Gasteiger partial charge >= 0.3 is 5.97 Å². The van der Waals surface area contributed by atoms with Crippen LogP contribution in [-0.4, -0.2) is 40.9 Å². The number of carbonyl (C=O) groups is 2. The first-order chi connectivity index (χ1) is 12.2. The van der Waals surface area contributed by atoms with Crippen LogP contribution in [0, 0.1) is 11.8 Å². The Bertz CT molecular complexity index is 735. The molecule has 0 aliphatic carbocycles. The second kappa shape index (κ2) is 6.45. The zero-order valence-corrected chi connectivity index (χ0v) is 13.9. The van der Waals surface area contributed by atoms with Gasteiger partial charge in [0.05, 0.1) is 12.0 Å². The van der Waals surface area contributed by atoms with E-state index in [0.717, 1.165) is 17.7 Å². The summed E-state index contributed by atoms with van der Waals surface area (Å²) >= 11 is 0. The fourth-order valence-electron chi connectivity index (χ4n) is 4.47. The third-order valence-corrected chi connectivity index (χ3v) is 5.64. The van der Waals surface area contributed by atoms with E-state index in [4.69, 9.17) is 0 Å². The Kier molecular flexibility index (Phi) is 4.14. The Morgan fingerprint density at radius 1 is 1.00 bits per heavy atom. The number of carbonyl (C=O) groups excluding carboxylic acids is 1. The molecule has 3 aliphatic heterocycles. The summed E-state index contributed by atoms with van der Waals surface area (Å²) in [6, 6.07) is 19.9. The minimum Gasteiger partial charge on any atom is -0.481 e. The van der Waals surface area contributed by atoms with Crippen molar-refractivity contribution in [2.24, 2.45) is 11.8 Å². The summed E-state index contributed by atoms with van der Waals surface area (Å²) in [5.41, 5.74) is 2.21. The second-order valence-electron chi connectivity index (χ2n) is 6.98. The first-order valence-electron chi connectivity index (χ1n) is 8.77. The van der Waals surface area contributed by atoms with Crippen molar-refractivity contribution in [1.29, 1.82) is 0 Å². The van der Waals surface area contributed by atoms with Gasteiger partial charge in [0.2, 0.25) is 0 Å². The molecule has 2 aromatic carbocycles. The van der Waals surface area contributed by atoms with Crippen LogP contribution in [0.3, 0.4) is 0 Å². The van der Waals surface area contributed by atoms with Crippen LogP contribution in [0.4, 0.5) is 0 Å². The summed E-state index contributed by atoms with van der Waals surface area (Å²) in [5.74, 6) is -1.75. The summed E-state index contributed by atoms with van der Waals surface area (Å²) in [6.45, 7) is 1.26. The lowest BCUT2D eigenvalue weighted by atomic mass is 9.69. The van der Waals surface area contributed by atoms with Gasteiger partial charge < -0.3 is 5.11 Å². The van der Waals surface area contributed by atoms with E-state index in [9.17, 15) is 14.7 Å². The number of piperidine rings is 3. The minimum atomic E-state index is -0.850. The van der Waals surface area contributed by atoms with Crippen LogP contribution in [0.15, 0.2) is 60.7 Å². The Morgan fingerprint density at radius 3 is 2.04 bits per heavy atom. The topological polar surface area (TPSA) is 57.6 Å². The van der Waals surface area contributed by atoms with Gasteiger partial charge in [0.15, 0.2) is 5.78 Å². The number of fused-ring (bicyclic) bond motifs is 3. The molecule has 0 radical (unpaired) electrons. The number of hydrogen-bond acceptors (Lipinski definition) is 3. The maximum absolute atomic E-state index is 13.2. The number of ketones is 1. The van der Waals surface area contributed by atoms with Crippen molar-refractivity contribution in [3.05, 3.63) is 71.8 Å². The van der Waals surface area contributed by atoms with Gasteiger partial charge in [-0.3, -0.25) is 14.5 Å². The maximum Gasteiger partial charge on any atom is 0.308 e. The van der Waals surface area contributed by atoms with Crippen LogP contribution in [0.5, 0.6) is 0 Å². The number of hydrogen-bond donors (Lipinski definition) is 1. The molecule has 0 spiro atoms. The molecule has 3 fully saturated rings. The average molecular weight is 335 g/mol. The average Bonchev–Trinajstić information content (AvgIpc) is 2.66. The molecule has 0 aromatic heterocycles. The highest BCUT2D eigenvalue weighted by Gasteiger charge is 2.52. The van der Waals surface area contributed by atoms with E-state index in [0.29, 0.717) is 13.0 Å². The first-order valence-corrected chi connectivity index (χ1v) is 8.77. The number of rotatable bonds is 4. The zero-order chi connectivity index (χ0) is 17.4. The lowest BCUT2D eigenvalue weighted by molar-refractivity contribution is -0.159. The van der Waals surface area contributed by atoms with Gasteiger partial charge in [-0.15, -0.1) is 0 Å². The largest absolute Gasteiger partial charge is 0.481 e. The molecule has 4 heteroatoms. The van der Waals surface area contributed by atoms with Crippen LogP contribution in [0.1, 0.15) is 23.5 Å². The highest BCUT2D eigenvalue weighted by molar-refractivity contribution is 5.93. The molecule has 4 nitrogen and oxygen atoms in total. The van der Waals surface area contributed by atoms with Gasteiger partial charge in [0, 0.05) is 18.4 Å². The van der Waals surface area contributed by atoms with Crippen LogP contribution in [-0.2, 0) is 9.59 Å². The highest BCUT2D eigenvalue weighted by atomic mass is 16.4. The lowest BCUT2D eigenvalue weighted by Crippen LogP contribution is -2.62. The van der Waals surface area contributed by atoms with E-state index >= 15 is 0 Å². The van der Waals surface area contributed by atoms with Crippen molar-refractivity contribution in [3.63, 3.8) is 0 Å². The van der Waals surface area contributed by atoms with Gasteiger partial charge in [-0.05, 0) is 24.1 Å². The van der Waals surface area contributed by atoms with Gasteiger partial charge in [-0.2, -0.15) is 0 Å². The van der Waals surface area contributed by atoms with Crippen LogP contribution < -0.4 is 0 Å². The lowest BCUT2D eigenvalue weighted by Gasteiger charge is -2.49. The fourth-order valence-corrected chi connectivity index (χ4v) is 4.47. The number of aliphatic carboxylic acids is 1. The van der Waals surface area contributed by atoms with E-state index in [1.54, 1.807) is 0 Å². The summed E-state index contributed by atoms with van der Waals surface area (Å²) in [5, 5.41) is 9.46. The Hall–Kier alpha value is -2.46. The fraction of sp³-hybridized carbons (Fsp3) is 0.333. The third kappa shape index (κ3) is 2.76. The molecule has 3 saturated heterocycles. The third-order valence-electron chi connectivity index (χ3n) is 5.64. The molecule has 3 heterocycles. The van der Waals surface area contributed by atoms with Gasteiger partial charge in [0.25, 0.3) is 0 Å². The Morgan fingerprint density at radius 2 is 1.56 bits per heavy atom. The van der Waals surface area contributed by atoms with Gasteiger partial charge in [0.1, 0.15) is 0 Å². The van der Waals surface area contributed by atoms with Crippen molar-refractivity contribution >= 4 is 11.8 Å². The van der Waals surface area contributed by atoms with E-state index in [-0.39, 0.29) is 23.7 Å². The summed E-state index contributed by atoms with van der Waals surface area (Å²) in [4.78, 5) is 26.8. The molecule has 1 N–H and O–H groups in total. The van der Waals surface area contributed by atoms with E-state index in [1.807, 2.05) is 36.4 Å². The number of nitrogens with zero attached hydrogens (tertiary/aromatic N) is 1. The van der Waals surface area contributed by atoms with E-state index in [1.165, 1.54) is 0 Å². The minimum absolute atomic E-state index is 0.0626. The molecule has 128 valence electrons. The Balaban J connectivity index is 1.76. The van der Waals surface area contributed by atoms with Crippen LogP contribution in [0.25, 0.3) is 0 Å². The number of carboxylic acid groups (broad SMARTS) is 1. The molecule has 2 aromatic rings. The van der Waals surface area contributed by atoms with Crippen molar-refractivity contribution < 1.29 is 14.7 Å². The molecular formula is C21H21NO3. The highest BCUT2D eigenvalue weighted by Crippen LogP contribution is 2.41. The number of carboxylic acids is 1.